The number of halogens is 2. The third-order valence-corrected chi connectivity index (χ3v) is 4.23. The number of thioether (sulfide) groups is 1. The number of hydrogen-bond acceptors (Lipinski definition) is 7. The van der Waals surface area contributed by atoms with Gasteiger partial charge >= 0.3 is 0 Å². The molecule has 1 aliphatic rings. The highest BCUT2D eigenvalue weighted by atomic mass is 35.5. The summed E-state index contributed by atoms with van der Waals surface area (Å²) < 4.78 is 4.46. The molecule has 1 aliphatic heterocycles. The first-order valence-corrected chi connectivity index (χ1v) is 7.40. The van der Waals surface area contributed by atoms with Gasteiger partial charge in [-0.3, -0.25) is 10.2 Å². The van der Waals surface area contributed by atoms with Crippen LogP contribution in [-0.4, -0.2) is 21.4 Å². The standard InChI is InChI=1S/C12H7Cl2N5O2S/c13-6-2-1-5(7(14)4-6)3-8-11(20)19(12(16)22-8)10-9(15)17-21-18-10/h1-4,16H,(H2,15,17). The minimum Gasteiger partial charge on any atom is -0.378 e. The Bertz CT molecular complexity index is 820. The van der Waals surface area contributed by atoms with E-state index in [1.54, 1.807) is 24.3 Å². The van der Waals surface area contributed by atoms with Crippen LogP contribution in [0.15, 0.2) is 27.7 Å². The third-order valence-electron chi connectivity index (χ3n) is 2.78. The zero-order valence-corrected chi connectivity index (χ0v) is 13.0. The van der Waals surface area contributed by atoms with Crippen molar-refractivity contribution in [2.24, 2.45) is 0 Å². The van der Waals surface area contributed by atoms with Crippen molar-refractivity contribution in [1.82, 2.24) is 10.3 Å². The first kappa shape index (κ1) is 14.9. The minimum atomic E-state index is -0.455. The summed E-state index contributed by atoms with van der Waals surface area (Å²) in [7, 11) is 0. The number of carbonyl (C=O) groups is 1. The molecule has 3 N–H and O–H groups in total. The molecule has 0 atom stereocenters. The lowest BCUT2D eigenvalue weighted by Gasteiger charge is -2.09. The Labute approximate surface area is 138 Å². The van der Waals surface area contributed by atoms with Crippen molar-refractivity contribution in [2.45, 2.75) is 0 Å². The average molecular weight is 356 g/mol. The SMILES string of the molecule is N=C1SC(=Cc2ccc(Cl)cc2Cl)C(=O)N1c1nonc1N. The van der Waals surface area contributed by atoms with Crippen LogP contribution in [-0.2, 0) is 4.79 Å². The van der Waals surface area contributed by atoms with E-state index in [0.717, 1.165) is 16.7 Å². The fourth-order valence-electron chi connectivity index (χ4n) is 1.79. The number of amidine groups is 1. The summed E-state index contributed by atoms with van der Waals surface area (Å²) in [6.45, 7) is 0. The van der Waals surface area contributed by atoms with Crippen LogP contribution in [0.3, 0.4) is 0 Å². The number of rotatable bonds is 2. The van der Waals surface area contributed by atoms with Crippen LogP contribution >= 0.6 is 35.0 Å². The number of aromatic nitrogens is 2. The second-order valence-corrected chi connectivity index (χ2v) is 6.07. The number of nitrogens with one attached hydrogen (secondary N) is 1. The number of benzene rings is 1. The van der Waals surface area contributed by atoms with E-state index in [1.807, 2.05) is 0 Å². The molecule has 2 heterocycles. The summed E-state index contributed by atoms with van der Waals surface area (Å²) in [6, 6.07) is 4.92. The van der Waals surface area contributed by atoms with Gasteiger partial charge in [0.2, 0.25) is 11.6 Å². The Kier molecular flexibility index (Phi) is 3.81. The number of carbonyl (C=O) groups excluding carboxylic acids is 1. The molecular weight excluding hydrogens is 349 g/mol. The molecule has 0 saturated carbocycles. The molecule has 1 fully saturated rings. The molecule has 2 aromatic rings. The number of nitrogens with two attached hydrogens (primary N) is 1. The molecule has 0 aliphatic carbocycles. The van der Waals surface area contributed by atoms with Gasteiger partial charge < -0.3 is 5.73 Å². The second-order valence-electron chi connectivity index (χ2n) is 4.20. The van der Waals surface area contributed by atoms with E-state index in [9.17, 15) is 4.79 Å². The lowest BCUT2D eigenvalue weighted by atomic mass is 10.2. The molecule has 10 heteroatoms. The largest absolute Gasteiger partial charge is 0.378 e. The van der Waals surface area contributed by atoms with Crippen molar-refractivity contribution in [2.75, 3.05) is 10.6 Å². The summed E-state index contributed by atoms with van der Waals surface area (Å²) in [5, 5.41) is 15.7. The van der Waals surface area contributed by atoms with E-state index in [0.29, 0.717) is 20.5 Å². The van der Waals surface area contributed by atoms with Crippen molar-refractivity contribution in [3.05, 3.63) is 38.7 Å². The number of nitrogen functional groups attached to an aromatic ring is 1. The molecule has 22 heavy (non-hydrogen) atoms. The van der Waals surface area contributed by atoms with Crippen molar-refractivity contribution < 1.29 is 9.42 Å². The zero-order chi connectivity index (χ0) is 15.9. The Morgan fingerprint density at radius 2 is 2.14 bits per heavy atom. The van der Waals surface area contributed by atoms with Gasteiger partial charge in [0.25, 0.3) is 5.91 Å². The zero-order valence-electron chi connectivity index (χ0n) is 10.7. The molecule has 1 amide bonds. The average Bonchev–Trinajstić information content (AvgIpc) is 2.97. The van der Waals surface area contributed by atoms with E-state index < -0.39 is 5.91 Å². The maximum Gasteiger partial charge on any atom is 0.272 e. The molecule has 0 bridgehead atoms. The number of hydrogen-bond donors (Lipinski definition) is 2. The highest BCUT2D eigenvalue weighted by Crippen LogP contribution is 2.37. The molecule has 1 aromatic heterocycles. The lowest BCUT2D eigenvalue weighted by Crippen LogP contribution is -2.29. The Morgan fingerprint density at radius 1 is 1.36 bits per heavy atom. The van der Waals surface area contributed by atoms with Crippen LogP contribution in [0.1, 0.15) is 5.56 Å². The van der Waals surface area contributed by atoms with Gasteiger partial charge in [-0.25, -0.2) is 9.53 Å². The molecular formula is C12H7Cl2N5O2S. The van der Waals surface area contributed by atoms with Gasteiger partial charge in [-0.1, -0.05) is 29.3 Å². The molecule has 3 rings (SSSR count). The van der Waals surface area contributed by atoms with Gasteiger partial charge in [-0.15, -0.1) is 0 Å². The quantitative estimate of drug-likeness (QED) is 0.801. The van der Waals surface area contributed by atoms with Crippen LogP contribution in [0.5, 0.6) is 0 Å². The summed E-state index contributed by atoms with van der Waals surface area (Å²) in [5.41, 5.74) is 6.17. The van der Waals surface area contributed by atoms with Crippen LogP contribution in [0.25, 0.3) is 6.08 Å². The number of nitrogens with zero attached hydrogens (tertiary/aromatic N) is 3. The van der Waals surface area contributed by atoms with E-state index in [4.69, 9.17) is 34.3 Å². The number of anilines is 2. The van der Waals surface area contributed by atoms with Crippen LogP contribution in [0, 0.1) is 5.41 Å². The van der Waals surface area contributed by atoms with Crippen molar-refractivity contribution >= 4 is 63.8 Å². The molecule has 1 saturated heterocycles. The monoisotopic (exact) mass is 355 g/mol. The van der Waals surface area contributed by atoms with Crippen molar-refractivity contribution in [3.8, 4) is 0 Å². The van der Waals surface area contributed by atoms with E-state index in [1.165, 1.54) is 0 Å². The van der Waals surface area contributed by atoms with Gasteiger partial charge in [0.15, 0.2) is 5.17 Å². The predicted molar refractivity (Wildman–Crippen MR) is 86.0 cm³/mol. The fraction of sp³-hybridized carbons (Fsp3) is 0. The maximum atomic E-state index is 12.4. The summed E-state index contributed by atoms with van der Waals surface area (Å²) in [5.74, 6) is -0.527. The van der Waals surface area contributed by atoms with Gasteiger partial charge in [-0.2, -0.15) is 0 Å². The summed E-state index contributed by atoms with van der Waals surface area (Å²) in [4.78, 5) is 13.7. The van der Waals surface area contributed by atoms with Crippen LogP contribution < -0.4 is 10.6 Å². The predicted octanol–water partition coefficient (Wildman–Crippen LogP) is 3.01. The maximum absolute atomic E-state index is 12.4. The Balaban J connectivity index is 1.97. The van der Waals surface area contributed by atoms with E-state index >= 15 is 0 Å². The minimum absolute atomic E-state index is 0.00639. The van der Waals surface area contributed by atoms with E-state index in [-0.39, 0.29) is 16.8 Å². The second kappa shape index (κ2) is 5.64. The summed E-state index contributed by atoms with van der Waals surface area (Å²) >= 11 is 12.9. The lowest BCUT2D eigenvalue weighted by molar-refractivity contribution is -0.113. The molecule has 112 valence electrons. The van der Waals surface area contributed by atoms with Crippen LogP contribution in [0.4, 0.5) is 11.6 Å². The third kappa shape index (κ3) is 2.56. The highest BCUT2D eigenvalue weighted by molar-refractivity contribution is 8.19. The Morgan fingerprint density at radius 3 is 2.77 bits per heavy atom. The summed E-state index contributed by atoms with van der Waals surface area (Å²) in [6.07, 6.45) is 1.57. The van der Waals surface area contributed by atoms with E-state index in [2.05, 4.69) is 14.9 Å². The molecule has 0 radical (unpaired) electrons. The topological polar surface area (TPSA) is 109 Å². The van der Waals surface area contributed by atoms with Gasteiger partial charge in [0, 0.05) is 10.0 Å². The normalized spacial score (nSPS) is 16.8. The van der Waals surface area contributed by atoms with Crippen molar-refractivity contribution in [3.63, 3.8) is 0 Å². The molecule has 7 nitrogen and oxygen atoms in total. The molecule has 1 aromatic carbocycles. The highest BCUT2D eigenvalue weighted by Gasteiger charge is 2.37. The van der Waals surface area contributed by atoms with Crippen LogP contribution in [0.2, 0.25) is 10.0 Å². The van der Waals surface area contributed by atoms with Gasteiger partial charge in [0.05, 0.1) is 4.91 Å². The molecule has 0 spiro atoms. The fourth-order valence-corrected chi connectivity index (χ4v) is 3.08. The molecule has 0 unspecified atom stereocenters. The first-order chi connectivity index (χ1) is 10.5. The van der Waals surface area contributed by atoms with Crippen molar-refractivity contribution in [1.29, 1.82) is 5.41 Å². The smallest absolute Gasteiger partial charge is 0.272 e. The first-order valence-electron chi connectivity index (χ1n) is 5.83. The van der Waals surface area contributed by atoms with Gasteiger partial charge in [0.1, 0.15) is 0 Å². The Hall–Kier alpha value is -2.03. The number of amides is 1. The van der Waals surface area contributed by atoms with Gasteiger partial charge in [-0.05, 0) is 45.8 Å².